The molecule has 2 aliphatic carbocycles. The van der Waals surface area contributed by atoms with Gasteiger partial charge in [-0.25, -0.2) is 9.97 Å². The van der Waals surface area contributed by atoms with Crippen LogP contribution < -0.4 is 0 Å². The van der Waals surface area contributed by atoms with Crippen LogP contribution in [-0.2, 0) is 5.41 Å². The number of hydrogen-bond donors (Lipinski definition) is 0. The molecule has 0 atom stereocenters. The number of aromatic nitrogens is 2. The van der Waals surface area contributed by atoms with E-state index in [0.717, 1.165) is 33.6 Å². The zero-order valence-electron chi connectivity index (χ0n) is 30.3. The molecule has 2 nitrogen and oxygen atoms in total. The summed E-state index contributed by atoms with van der Waals surface area (Å²) in [5.41, 5.74) is 17.5. The second-order valence-electron chi connectivity index (χ2n) is 14.8. The van der Waals surface area contributed by atoms with Crippen LogP contribution in [0, 0.1) is 0 Å². The molecule has 0 unspecified atom stereocenters. The lowest BCUT2D eigenvalue weighted by Gasteiger charge is -2.30. The molecule has 0 amide bonds. The first-order chi connectivity index (χ1) is 27.8. The SMILES string of the molecule is c1ccc(-c2nc(-c3ccc4c(c3)sc3ccccc34)cc(-c3ccccc3-c3cccc4c3-c3ccccc3C43c4ccccc4-c4ccccc43)n2)cc1. The first-order valence-corrected chi connectivity index (χ1v) is 20.0. The average Bonchev–Trinajstić information content (AvgIpc) is 3.90. The molecule has 260 valence electrons. The number of benzene rings is 8. The minimum Gasteiger partial charge on any atom is -0.228 e. The first-order valence-electron chi connectivity index (χ1n) is 19.2. The van der Waals surface area contributed by atoms with Crippen LogP contribution in [0.2, 0.25) is 0 Å². The smallest absolute Gasteiger partial charge is 0.160 e. The van der Waals surface area contributed by atoms with E-state index in [1.165, 1.54) is 70.2 Å². The Hall–Kier alpha value is -6.94. The van der Waals surface area contributed by atoms with Gasteiger partial charge in [0.25, 0.3) is 0 Å². The van der Waals surface area contributed by atoms with Gasteiger partial charge in [-0.1, -0.05) is 176 Å². The van der Waals surface area contributed by atoms with Crippen molar-refractivity contribution in [2.45, 2.75) is 5.41 Å². The van der Waals surface area contributed by atoms with Gasteiger partial charge in [-0.3, -0.25) is 0 Å². The number of hydrogen-bond acceptors (Lipinski definition) is 3. The van der Waals surface area contributed by atoms with Crippen LogP contribution in [0.5, 0.6) is 0 Å². The highest BCUT2D eigenvalue weighted by atomic mass is 32.1. The van der Waals surface area contributed by atoms with Crippen molar-refractivity contribution in [2.24, 2.45) is 0 Å². The Morgan fingerprint density at radius 2 is 0.893 bits per heavy atom. The fourth-order valence-electron chi connectivity index (χ4n) is 9.64. The number of thiophene rings is 1. The van der Waals surface area contributed by atoms with Crippen LogP contribution in [0.1, 0.15) is 22.3 Å². The van der Waals surface area contributed by atoms with Crippen molar-refractivity contribution in [1.29, 1.82) is 0 Å². The third kappa shape index (κ3) is 4.38. The van der Waals surface area contributed by atoms with Crippen molar-refractivity contribution in [3.8, 4) is 67.3 Å². The maximum Gasteiger partial charge on any atom is 0.160 e. The number of rotatable bonds is 4. The summed E-state index contributed by atoms with van der Waals surface area (Å²) >= 11 is 1.83. The van der Waals surface area contributed by atoms with Crippen LogP contribution in [0.4, 0.5) is 0 Å². The molecule has 0 saturated carbocycles. The molecule has 2 heterocycles. The van der Waals surface area contributed by atoms with E-state index >= 15 is 0 Å². The van der Waals surface area contributed by atoms with Crippen LogP contribution in [0.15, 0.2) is 194 Å². The van der Waals surface area contributed by atoms with E-state index in [9.17, 15) is 0 Å². The Labute approximate surface area is 329 Å². The van der Waals surface area contributed by atoms with Gasteiger partial charge < -0.3 is 0 Å². The Balaban J connectivity index is 1.09. The minimum absolute atomic E-state index is 0.405. The average molecular weight is 729 g/mol. The van der Waals surface area contributed by atoms with Crippen molar-refractivity contribution in [2.75, 3.05) is 0 Å². The summed E-state index contributed by atoms with van der Waals surface area (Å²) in [6, 6.07) is 70.7. The highest BCUT2D eigenvalue weighted by molar-refractivity contribution is 7.25. The van der Waals surface area contributed by atoms with Crippen LogP contribution in [0.25, 0.3) is 87.5 Å². The fourth-order valence-corrected chi connectivity index (χ4v) is 10.8. The molecule has 0 radical (unpaired) electrons. The van der Waals surface area contributed by atoms with Crippen molar-refractivity contribution >= 4 is 31.5 Å². The zero-order valence-corrected chi connectivity index (χ0v) is 31.1. The molecule has 10 aromatic rings. The van der Waals surface area contributed by atoms with E-state index in [4.69, 9.17) is 9.97 Å². The van der Waals surface area contributed by atoms with Gasteiger partial charge in [0.2, 0.25) is 0 Å². The summed E-state index contributed by atoms with van der Waals surface area (Å²) in [4.78, 5) is 10.6. The molecule has 0 fully saturated rings. The molecular formula is C53H32N2S. The van der Waals surface area contributed by atoms with Crippen molar-refractivity contribution < 1.29 is 0 Å². The second kappa shape index (κ2) is 12.0. The third-order valence-electron chi connectivity index (χ3n) is 11.9. The molecular weight excluding hydrogens is 697 g/mol. The van der Waals surface area contributed by atoms with E-state index < -0.39 is 5.41 Å². The summed E-state index contributed by atoms with van der Waals surface area (Å²) in [6.45, 7) is 0. The molecule has 0 bridgehead atoms. The molecule has 56 heavy (non-hydrogen) atoms. The summed E-state index contributed by atoms with van der Waals surface area (Å²) in [6.07, 6.45) is 0. The van der Waals surface area contributed by atoms with Crippen molar-refractivity contribution in [1.82, 2.24) is 9.97 Å². The lowest BCUT2D eigenvalue weighted by Crippen LogP contribution is -2.25. The molecule has 1 spiro atoms. The van der Waals surface area contributed by atoms with Gasteiger partial charge in [0, 0.05) is 36.9 Å². The monoisotopic (exact) mass is 728 g/mol. The number of nitrogens with zero attached hydrogens (tertiary/aromatic N) is 2. The molecule has 0 saturated heterocycles. The van der Waals surface area contributed by atoms with Crippen molar-refractivity contribution in [3.63, 3.8) is 0 Å². The minimum atomic E-state index is -0.405. The second-order valence-corrected chi connectivity index (χ2v) is 15.9. The standard InChI is InChI=1S/C53H32N2S/c1-2-15-33(16-3-1)52-54-47(34-29-30-40-39-21-9-13-28-49(39)56-50(40)31-34)32-48(55-52)38-20-5-4-17-35(38)41-23-14-27-46-51(41)42-22-8-12-26-45(42)53(46)43-24-10-6-18-36(43)37-19-7-11-25-44(37)53/h1-32H. The third-order valence-corrected chi connectivity index (χ3v) is 13.1. The predicted molar refractivity (Wildman–Crippen MR) is 233 cm³/mol. The Kier molecular flexibility index (Phi) is 6.75. The maximum atomic E-state index is 5.34. The number of fused-ring (bicyclic) bond motifs is 13. The van der Waals surface area contributed by atoms with Gasteiger partial charge in [-0.15, -0.1) is 11.3 Å². The zero-order chi connectivity index (χ0) is 36.8. The molecule has 8 aromatic carbocycles. The van der Waals surface area contributed by atoms with E-state index in [-0.39, 0.29) is 0 Å². The Morgan fingerprint density at radius 3 is 1.66 bits per heavy atom. The maximum absolute atomic E-state index is 5.34. The Morgan fingerprint density at radius 1 is 0.339 bits per heavy atom. The molecule has 2 aliphatic rings. The molecule has 2 aromatic heterocycles. The fraction of sp³-hybridized carbons (Fsp3) is 0.0189. The predicted octanol–water partition coefficient (Wildman–Crippen LogP) is 13.9. The Bertz CT molecular complexity index is 3170. The highest BCUT2D eigenvalue weighted by Gasteiger charge is 2.52. The lowest BCUT2D eigenvalue weighted by molar-refractivity contribution is 0.794. The summed E-state index contributed by atoms with van der Waals surface area (Å²) in [5, 5.41) is 2.57. The van der Waals surface area contributed by atoms with Crippen LogP contribution >= 0.6 is 11.3 Å². The summed E-state index contributed by atoms with van der Waals surface area (Å²) in [5.74, 6) is 0.714. The van der Waals surface area contributed by atoms with Crippen LogP contribution in [-0.4, -0.2) is 9.97 Å². The van der Waals surface area contributed by atoms with Crippen LogP contribution in [0.3, 0.4) is 0 Å². The van der Waals surface area contributed by atoms with Gasteiger partial charge in [-0.05, 0) is 73.8 Å². The topological polar surface area (TPSA) is 25.8 Å². The normalized spacial score (nSPS) is 13.1. The van der Waals surface area contributed by atoms with Gasteiger partial charge in [0.05, 0.1) is 16.8 Å². The summed E-state index contributed by atoms with van der Waals surface area (Å²) in [7, 11) is 0. The highest BCUT2D eigenvalue weighted by Crippen LogP contribution is 2.64. The lowest BCUT2D eigenvalue weighted by atomic mass is 9.70. The summed E-state index contributed by atoms with van der Waals surface area (Å²) < 4.78 is 2.55. The van der Waals surface area contributed by atoms with Crippen molar-refractivity contribution in [3.05, 3.63) is 216 Å². The van der Waals surface area contributed by atoms with E-state index in [1.54, 1.807) is 0 Å². The quantitative estimate of drug-likeness (QED) is 0.180. The first kappa shape index (κ1) is 31.4. The largest absolute Gasteiger partial charge is 0.228 e. The molecule has 0 aliphatic heterocycles. The van der Waals surface area contributed by atoms with E-state index in [2.05, 4.69) is 188 Å². The molecule has 3 heteroatoms. The van der Waals surface area contributed by atoms with Gasteiger partial charge in [0.1, 0.15) is 0 Å². The van der Waals surface area contributed by atoms with Gasteiger partial charge in [0.15, 0.2) is 5.82 Å². The van der Waals surface area contributed by atoms with Gasteiger partial charge in [-0.2, -0.15) is 0 Å². The molecule has 0 N–H and O–H groups in total. The van der Waals surface area contributed by atoms with Gasteiger partial charge >= 0.3 is 0 Å². The van der Waals surface area contributed by atoms with E-state index in [0.29, 0.717) is 5.82 Å². The van der Waals surface area contributed by atoms with E-state index in [1.807, 2.05) is 17.4 Å². The molecule has 12 rings (SSSR count).